The van der Waals surface area contributed by atoms with Gasteiger partial charge in [0, 0.05) is 19.0 Å². The third kappa shape index (κ3) is 4.85. The zero-order valence-corrected chi connectivity index (χ0v) is 17.3. The van der Waals surface area contributed by atoms with Gasteiger partial charge in [-0.2, -0.15) is 5.10 Å². The van der Waals surface area contributed by atoms with Gasteiger partial charge in [-0.25, -0.2) is 4.68 Å². The number of rotatable bonds is 7. The molecule has 1 aliphatic heterocycles. The van der Waals surface area contributed by atoms with E-state index in [9.17, 15) is 9.59 Å². The molecule has 1 aliphatic rings. The quantitative estimate of drug-likeness (QED) is 0.635. The Labute approximate surface area is 180 Å². The van der Waals surface area contributed by atoms with Crippen molar-refractivity contribution >= 4 is 17.5 Å². The van der Waals surface area contributed by atoms with Crippen LogP contribution in [0, 0.1) is 0 Å². The first kappa shape index (κ1) is 20.5. The van der Waals surface area contributed by atoms with Crippen LogP contribution in [-0.2, 0) is 16.1 Å². The highest BCUT2D eigenvalue weighted by Gasteiger charge is 2.23. The minimum Gasteiger partial charge on any atom is -0.497 e. The topological polar surface area (TPSA) is 85.7 Å². The first-order valence-corrected chi connectivity index (χ1v) is 10.1. The number of hydrogen-bond acceptors (Lipinski definition) is 5. The van der Waals surface area contributed by atoms with E-state index < -0.39 is 0 Å². The van der Waals surface area contributed by atoms with Crippen molar-refractivity contribution < 1.29 is 19.1 Å². The molecule has 3 aromatic rings. The monoisotopic (exact) mass is 420 g/mol. The lowest BCUT2D eigenvalue weighted by atomic mass is 10.2. The van der Waals surface area contributed by atoms with Gasteiger partial charge in [0.15, 0.2) is 0 Å². The molecule has 0 atom stereocenters. The Bertz CT molecular complexity index is 1060. The second-order valence-electron chi connectivity index (χ2n) is 7.09. The summed E-state index contributed by atoms with van der Waals surface area (Å²) in [5, 5.41) is 7.30. The Morgan fingerprint density at radius 2 is 1.90 bits per heavy atom. The van der Waals surface area contributed by atoms with Gasteiger partial charge in [-0.15, -0.1) is 0 Å². The number of methoxy groups -OCH3 is 1. The summed E-state index contributed by atoms with van der Waals surface area (Å²) >= 11 is 0. The molecular weight excluding hydrogens is 396 g/mol. The van der Waals surface area contributed by atoms with Crippen molar-refractivity contribution in [2.75, 3.05) is 25.2 Å². The van der Waals surface area contributed by atoms with E-state index in [1.165, 1.54) is 0 Å². The van der Waals surface area contributed by atoms with E-state index in [2.05, 4.69) is 10.4 Å². The van der Waals surface area contributed by atoms with Gasteiger partial charge in [-0.1, -0.05) is 12.1 Å². The first-order valence-electron chi connectivity index (χ1n) is 10.1. The number of hydrogen-bond donors (Lipinski definition) is 1. The lowest BCUT2D eigenvalue weighted by Crippen LogP contribution is -2.38. The maximum Gasteiger partial charge on any atom is 0.227 e. The SMILES string of the molecule is COc1ccc(-n2ccc(CNC(=O)CCC(=O)N3CCOc4ccccc43)n2)cc1. The summed E-state index contributed by atoms with van der Waals surface area (Å²) < 4.78 is 12.5. The first-order chi connectivity index (χ1) is 15.1. The molecule has 0 bridgehead atoms. The van der Waals surface area contributed by atoms with Crippen molar-refractivity contribution in [1.29, 1.82) is 0 Å². The number of benzene rings is 2. The zero-order chi connectivity index (χ0) is 21.6. The van der Waals surface area contributed by atoms with Crippen LogP contribution in [0.4, 0.5) is 5.69 Å². The third-order valence-electron chi connectivity index (χ3n) is 5.04. The van der Waals surface area contributed by atoms with Crippen LogP contribution < -0.4 is 19.7 Å². The van der Waals surface area contributed by atoms with Crippen LogP contribution in [-0.4, -0.2) is 41.9 Å². The standard InChI is InChI=1S/C23H24N4O4/c1-30-19-8-6-18(7-9-19)27-13-12-17(25-27)16-24-22(28)10-11-23(29)26-14-15-31-21-5-3-2-4-20(21)26/h2-9,12-13H,10-11,14-16H2,1H3,(H,24,28). The number of nitrogens with zero attached hydrogens (tertiary/aromatic N) is 3. The third-order valence-corrected chi connectivity index (χ3v) is 5.04. The number of para-hydroxylation sites is 2. The van der Waals surface area contributed by atoms with Crippen molar-refractivity contribution in [2.24, 2.45) is 0 Å². The van der Waals surface area contributed by atoms with E-state index in [0.29, 0.717) is 25.4 Å². The van der Waals surface area contributed by atoms with Crippen LogP contribution in [0.2, 0.25) is 0 Å². The molecular formula is C23H24N4O4. The zero-order valence-electron chi connectivity index (χ0n) is 17.3. The molecule has 2 heterocycles. The van der Waals surface area contributed by atoms with Crippen LogP contribution in [0.25, 0.3) is 5.69 Å². The van der Waals surface area contributed by atoms with Gasteiger partial charge in [0.05, 0.1) is 37.3 Å². The molecule has 1 aromatic heterocycles. The van der Waals surface area contributed by atoms with Crippen molar-refractivity contribution in [3.05, 3.63) is 66.5 Å². The summed E-state index contributed by atoms with van der Waals surface area (Å²) in [6, 6.07) is 16.8. The summed E-state index contributed by atoms with van der Waals surface area (Å²) in [5.41, 5.74) is 2.38. The minimum absolute atomic E-state index is 0.0883. The number of carbonyl (C=O) groups is 2. The maximum absolute atomic E-state index is 12.6. The molecule has 0 saturated carbocycles. The molecule has 0 saturated heterocycles. The highest BCUT2D eigenvalue weighted by atomic mass is 16.5. The van der Waals surface area contributed by atoms with Crippen LogP contribution in [0.15, 0.2) is 60.8 Å². The number of ether oxygens (including phenoxy) is 2. The van der Waals surface area contributed by atoms with E-state index in [1.54, 1.807) is 16.7 Å². The predicted octanol–water partition coefficient (Wildman–Crippen LogP) is 2.70. The van der Waals surface area contributed by atoms with Crippen molar-refractivity contribution in [2.45, 2.75) is 19.4 Å². The molecule has 0 spiro atoms. The fourth-order valence-corrected chi connectivity index (χ4v) is 3.40. The highest BCUT2D eigenvalue weighted by molar-refractivity contribution is 5.97. The summed E-state index contributed by atoms with van der Waals surface area (Å²) in [4.78, 5) is 26.5. The molecule has 0 fully saturated rings. The number of fused-ring (bicyclic) bond motifs is 1. The smallest absolute Gasteiger partial charge is 0.227 e. The maximum atomic E-state index is 12.6. The Morgan fingerprint density at radius 3 is 2.71 bits per heavy atom. The number of anilines is 1. The molecule has 0 unspecified atom stereocenters. The number of nitrogens with one attached hydrogen (secondary N) is 1. The number of carbonyl (C=O) groups excluding carboxylic acids is 2. The van der Waals surface area contributed by atoms with Crippen LogP contribution >= 0.6 is 0 Å². The molecule has 2 aromatic carbocycles. The summed E-state index contributed by atoms with van der Waals surface area (Å²) in [6.07, 6.45) is 2.10. The lowest BCUT2D eigenvalue weighted by molar-refractivity contribution is -0.125. The Kier molecular flexibility index (Phi) is 6.16. The fraction of sp³-hybridized carbons (Fsp3) is 0.261. The van der Waals surface area contributed by atoms with Crippen LogP contribution in [0.3, 0.4) is 0 Å². The lowest BCUT2D eigenvalue weighted by Gasteiger charge is -2.29. The second-order valence-corrected chi connectivity index (χ2v) is 7.09. The predicted molar refractivity (Wildman–Crippen MR) is 115 cm³/mol. The molecule has 8 heteroatoms. The normalized spacial score (nSPS) is 12.6. The van der Waals surface area contributed by atoms with E-state index in [4.69, 9.17) is 9.47 Å². The molecule has 1 N–H and O–H groups in total. The van der Waals surface area contributed by atoms with Crippen molar-refractivity contribution in [1.82, 2.24) is 15.1 Å². The molecule has 2 amide bonds. The molecule has 160 valence electrons. The average Bonchev–Trinajstić information content (AvgIpc) is 3.30. The Hall–Kier alpha value is -3.81. The van der Waals surface area contributed by atoms with E-state index in [-0.39, 0.29) is 24.7 Å². The van der Waals surface area contributed by atoms with Gasteiger partial charge in [0.25, 0.3) is 0 Å². The van der Waals surface area contributed by atoms with Gasteiger partial charge in [-0.05, 0) is 42.5 Å². The fourth-order valence-electron chi connectivity index (χ4n) is 3.40. The minimum atomic E-state index is -0.186. The largest absolute Gasteiger partial charge is 0.497 e. The van der Waals surface area contributed by atoms with Gasteiger partial charge >= 0.3 is 0 Å². The molecule has 0 radical (unpaired) electrons. The number of aromatic nitrogens is 2. The van der Waals surface area contributed by atoms with Gasteiger partial charge in [0.2, 0.25) is 11.8 Å². The molecule has 8 nitrogen and oxygen atoms in total. The molecule has 4 rings (SSSR count). The van der Waals surface area contributed by atoms with E-state index >= 15 is 0 Å². The van der Waals surface area contributed by atoms with Crippen molar-refractivity contribution in [3.63, 3.8) is 0 Å². The van der Waals surface area contributed by atoms with Gasteiger partial charge in [-0.3, -0.25) is 9.59 Å². The Balaban J connectivity index is 1.26. The van der Waals surface area contributed by atoms with E-state index in [1.807, 2.05) is 60.8 Å². The van der Waals surface area contributed by atoms with E-state index in [0.717, 1.165) is 22.8 Å². The van der Waals surface area contributed by atoms with Crippen LogP contribution in [0.1, 0.15) is 18.5 Å². The summed E-state index contributed by atoms with van der Waals surface area (Å²) in [6.45, 7) is 1.24. The second kappa shape index (κ2) is 9.34. The van der Waals surface area contributed by atoms with Crippen molar-refractivity contribution in [3.8, 4) is 17.2 Å². The van der Waals surface area contributed by atoms with Gasteiger partial charge in [0.1, 0.15) is 18.1 Å². The summed E-state index contributed by atoms with van der Waals surface area (Å²) in [7, 11) is 1.62. The highest BCUT2D eigenvalue weighted by Crippen LogP contribution is 2.31. The summed E-state index contributed by atoms with van der Waals surface area (Å²) in [5.74, 6) is 1.20. The van der Waals surface area contributed by atoms with Crippen LogP contribution in [0.5, 0.6) is 11.5 Å². The molecule has 31 heavy (non-hydrogen) atoms. The average molecular weight is 420 g/mol. The number of amides is 2. The van der Waals surface area contributed by atoms with Gasteiger partial charge < -0.3 is 19.7 Å². The molecule has 0 aliphatic carbocycles. The Morgan fingerprint density at radius 1 is 1.10 bits per heavy atom.